The van der Waals surface area contributed by atoms with Crippen LogP contribution in [0.3, 0.4) is 0 Å². The van der Waals surface area contributed by atoms with Crippen LogP contribution in [0, 0.1) is 0 Å². The maximum Gasteiger partial charge on any atom is 0.155 e. The van der Waals surface area contributed by atoms with Gasteiger partial charge in [0, 0.05) is 17.4 Å². The van der Waals surface area contributed by atoms with Crippen LogP contribution in [0.15, 0.2) is 60.4 Å². The Balaban J connectivity index is 1.92. The predicted octanol–water partition coefficient (Wildman–Crippen LogP) is 3.71. The molecular weight excluding hydrogens is 280 g/mol. The van der Waals surface area contributed by atoms with Crippen molar-refractivity contribution in [2.45, 2.75) is 0 Å². The van der Waals surface area contributed by atoms with Crippen LogP contribution in [0.2, 0.25) is 0 Å². The second-order valence-electron chi connectivity index (χ2n) is 4.75. The fourth-order valence-corrected chi connectivity index (χ4v) is 3.04. The van der Waals surface area contributed by atoms with Gasteiger partial charge in [-0.15, -0.1) is 11.3 Å². The predicted molar refractivity (Wildman–Crippen MR) is 86.1 cm³/mol. The SMILES string of the molecule is Nc1cccc(-c2cnc3cnc(-c4cccs4)cn23)c1. The summed E-state index contributed by atoms with van der Waals surface area (Å²) in [5.74, 6) is 0. The van der Waals surface area contributed by atoms with Crippen molar-refractivity contribution in [3.63, 3.8) is 0 Å². The zero-order valence-electron chi connectivity index (χ0n) is 11.1. The molecule has 0 atom stereocenters. The van der Waals surface area contributed by atoms with Gasteiger partial charge >= 0.3 is 0 Å². The van der Waals surface area contributed by atoms with E-state index < -0.39 is 0 Å². The molecule has 21 heavy (non-hydrogen) atoms. The number of nitrogens with zero attached hydrogens (tertiary/aromatic N) is 3. The third-order valence-corrected chi connectivity index (χ3v) is 4.24. The van der Waals surface area contributed by atoms with E-state index in [-0.39, 0.29) is 0 Å². The first-order valence-electron chi connectivity index (χ1n) is 6.54. The van der Waals surface area contributed by atoms with E-state index >= 15 is 0 Å². The Labute approximate surface area is 125 Å². The van der Waals surface area contributed by atoms with Gasteiger partial charge in [0.15, 0.2) is 5.65 Å². The Kier molecular flexibility index (Phi) is 2.72. The molecule has 4 aromatic rings. The molecule has 0 aliphatic carbocycles. The van der Waals surface area contributed by atoms with Crippen LogP contribution in [-0.4, -0.2) is 14.4 Å². The molecule has 5 heteroatoms. The molecule has 0 aliphatic heterocycles. The topological polar surface area (TPSA) is 56.2 Å². The molecular formula is C16H12N4S. The first-order valence-corrected chi connectivity index (χ1v) is 7.42. The van der Waals surface area contributed by atoms with Gasteiger partial charge in [-0.2, -0.15) is 0 Å². The number of nitrogen functional groups attached to an aromatic ring is 1. The van der Waals surface area contributed by atoms with E-state index in [0.717, 1.165) is 33.2 Å². The standard InChI is InChI=1S/C16H12N4S/c17-12-4-1-3-11(7-12)14-8-19-16-9-18-13(10-20(14)16)15-5-2-6-21-15/h1-10H,17H2. The van der Waals surface area contributed by atoms with E-state index in [1.807, 2.05) is 48.1 Å². The lowest BCUT2D eigenvalue weighted by Gasteiger charge is -2.04. The van der Waals surface area contributed by atoms with E-state index in [9.17, 15) is 0 Å². The van der Waals surface area contributed by atoms with Gasteiger partial charge in [-0.05, 0) is 23.6 Å². The van der Waals surface area contributed by atoms with Gasteiger partial charge in [0.05, 0.1) is 28.7 Å². The van der Waals surface area contributed by atoms with Gasteiger partial charge < -0.3 is 5.73 Å². The number of nitrogens with two attached hydrogens (primary N) is 1. The van der Waals surface area contributed by atoms with Crippen molar-refractivity contribution in [2.24, 2.45) is 0 Å². The summed E-state index contributed by atoms with van der Waals surface area (Å²) in [6, 6.07) is 11.9. The van der Waals surface area contributed by atoms with E-state index in [2.05, 4.69) is 20.4 Å². The summed E-state index contributed by atoms with van der Waals surface area (Å²) in [6.45, 7) is 0. The summed E-state index contributed by atoms with van der Waals surface area (Å²) in [5.41, 5.74) is 10.5. The quantitative estimate of drug-likeness (QED) is 0.573. The number of hydrogen-bond donors (Lipinski definition) is 1. The number of anilines is 1. The fraction of sp³-hybridized carbons (Fsp3) is 0. The molecule has 1 aromatic carbocycles. The summed E-state index contributed by atoms with van der Waals surface area (Å²) >= 11 is 1.68. The number of hydrogen-bond acceptors (Lipinski definition) is 4. The molecule has 102 valence electrons. The van der Waals surface area contributed by atoms with Gasteiger partial charge in [0.1, 0.15) is 0 Å². The van der Waals surface area contributed by atoms with Crippen LogP contribution in [0.5, 0.6) is 0 Å². The van der Waals surface area contributed by atoms with Crippen molar-refractivity contribution in [2.75, 3.05) is 5.73 Å². The number of aromatic nitrogens is 3. The number of rotatable bonds is 2. The summed E-state index contributed by atoms with van der Waals surface area (Å²) < 4.78 is 2.05. The fourth-order valence-electron chi connectivity index (χ4n) is 2.35. The summed E-state index contributed by atoms with van der Waals surface area (Å²) in [5, 5.41) is 2.05. The molecule has 0 radical (unpaired) electrons. The van der Waals surface area contributed by atoms with Crippen LogP contribution >= 0.6 is 11.3 Å². The van der Waals surface area contributed by atoms with Crippen LogP contribution in [0.25, 0.3) is 27.5 Å². The maximum atomic E-state index is 5.88. The van der Waals surface area contributed by atoms with E-state index in [1.165, 1.54) is 0 Å². The van der Waals surface area contributed by atoms with Crippen molar-refractivity contribution < 1.29 is 0 Å². The molecule has 0 amide bonds. The van der Waals surface area contributed by atoms with Crippen molar-refractivity contribution in [3.05, 3.63) is 60.4 Å². The largest absolute Gasteiger partial charge is 0.399 e. The minimum Gasteiger partial charge on any atom is -0.399 e. The molecule has 0 unspecified atom stereocenters. The van der Waals surface area contributed by atoms with Crippen molar-refractivity contribution in [1.29, 1.82) is 0 Å². The van der Waals surface area contributed by atoms with Gasteiger partial charge in [-0.25, -0.2) is 9.97 Å². The molecule has 0 saturated heterocycles. The van der Waals surface area contributed by atoms with Crippen molar-refractivity contribution in [1.82, 2.24) is 14.4 Å². The second kappa shape index (κ2) is 4.71. The Morgan fingerprint density at radius 2 is 2.00 bits per heavy atom. The second-order valence-corrected chi connectivity index (χ2v) is 5.69. The zero-order valence-corrected chi connectivity index (χ0v) is 11.9. The Hall–Kier alpha value is -2.66. The van der Waals surface area contributed by atoms with Crippen LogP contribution in [-0.2, 0) is 0 Å². The lowest BCUT2D eigenvalue weighted by atomic mass is 10.1. The lowest BCUT2D eigenvalue weighted by molar-refractivity contribution is 1.14. The van der Waals surface area contributed by atoms with Gasteiger partial charge in [-0.1, -0.05) is 18.2 Å². The third kappa shape index (κ3) is 2.08. The van der Waals surface area contributed by atoms with Crippen LogP contribution in [0.4, 0.5) is 5.69 Å². The van der Waals surface area contributed by atoms with Crippen LogP contribution in [0.1, 0.15) is 0 Å². The molecule has 2 N–H and O–H groups in total. The molecule has 3 aromatic heterocycles. The maximum absolute atomic E-state index is 5.88. The van der Waals surface area contributed by atoms with Gasteiger partial charge in [0.2, 0.25) is 0 Å². The average Bonchev–Trinajstić information content (AvgIpc) is 3.16. The molecule has 0 aliphatic rings. The van der Waals surface area contributed by atoms with Crippen molar-refractivity contribution in [3.8, 4) is 21.8 Å². The molecule has 0 fully saturated rings. The Bertz CT molecular complexity index is 909. The minimum atomic E-state index is 0.745. The monoisotopic (exact) mass is 292 g/mol. The molecule has 4 nitrogen and oxygen atoms in total. The highest BCUT2D eigenvalue weighted by Crippen LogP contribution is 2.26. The number of thiophene rings is 1. The number of imidazole rings is 1. The summed E-state index contributed by atoms with van der Waals surface area (Å²) in [6.07, 6.45) is 5.67. The first-order chi connectivity index (χ1) is 10.3. The lowest BCUT2D eigenvalue weighted by Crippen LogP contribution is -1.92. The molecule has 3 heterocycles. The molecule has 0 spiro atoms. The Morgan fingerprint density at radius 3 is 2.81 bits per heavy atom. The van der Waals surface area contributed by atoms with Crippen LogP contribution < -0.4 is 5.73 Å². The van der Waals surface area contributed by atoms with Crippen molar-refractivity contribution >= 4 is 22.7 Å². The summed E-state index contributed by atoms with van der Waals surface area (Å²) in [4.78, 5) is 10.0. The average molecular weight is 292 g/mol. The third-order valence-electron chi connectivity index (χ3n) is 3.35. The number of benzene rings is 1. The smallest absolute Gasteiger partial charge is 0.155 e. The highest BCUT2D eigenvalue weighted by molar-refractivity contribution is 7.13. The highest BCUT2D eigenvalue weighted by Gasteiger charge is 2.09. The molecule has 0 bridgehead atoms. The van der Waals surface area contributed by atoms with E-state index in [0.29, 0.717) is 0 Å². The summed E-state index contributed by atoms with van der Waals surface area (Å²) in [7, 11) is 0. The van der Waals surface area contributed by atoms with E-state index in [4.69, 9.17) is 5.73 Å². The molecule has 0 saturated carbocycles. The molecule has 4 rings (SSSR count). The Morgan fingerprint density at radius 1 is 1.05 bits per heavy atom. The minimum absolute atomic E-state index is 0.745. The zero-order chi connectivity index (χ0) is 14.2. The van der Waals surface area contributed by atoms with Gasteiger partial charge in [0.25, 0.3) is 0 Å². The highest BCUT2D eigenvalue weighted by atomic mass is 32.1. The first kappa shape index (κ1) is 12.1. The normalized spacial score (nSPS) is 11.0. The van der Waals surface area contributed by atoms with E-state index in [1.54, 1.807) is 17.5 Å². The number of fused-ring (bicyclic) bond motifs is 1. The van der Waals surface area contributed by atoms with Gasteiger partial charge in [-0.3, -0.25) is 4.40 Å².